The number of aromatic nitrogens is 1. The molecular weight excluding hydrogens is 150 g/mol. The van der Waals surface area contributed by atoms with E-state index in [1.807, 2.05) is 18.3 Å². The summed E-state index contributed by atoms with van der Waals surface area (Å²) in [5.41, 5.74) is 0.913. The van der Waals surface area contributed by atoms with Crippen LogP contribution in [0.4, 0.5) is 0 Å². The van der Waals surface area contributed by atoms with Gasteiger partial charge in [0.25, 0.3) is 0 Å². The molecule has 1 aromatic rings. The van der Waals surface area contributed by atoms with Gasteiger partial charge in [0.1, 0.15) is 0 Å². The molecule has 0 fully saturated rings. The van der Waals surface area contributed by atoms with E-state index in [2.05, 4.69) is 25.8 Å². The van der Waals surface area contributed by atoms with Gasteiger partial charge in [-0.05, 0) is 24.0 Å². The Hall–Kier alpha value is -0.760. The SMILES string of the molecule is CC(C)C(C)C(O)c1ccc[nH]1. The van der Waals surface area contributed by atoms with Crippen molar-refractivity contribution >= 4 is 0 Å². The van der Waals surface area contributed by atoms with Gasteiger partial charge in [-0.2, -0.15) is 0 Å². The van der Waals surface area contributed by atoms with Crippen molar-refractivity contribution in [2.45, 2.75) is 26.9 Å². The normalized spacial score (nSPS) is 16.4. The van der Waals surface area contributed by atoms with Crippen molar-refractivity contribution in [1.82, 2.24) is 4.98 Å². The maximum atomic E-state index is 9.82. The smallest absolute Gasteiger partial charge is 0.0965 e. The quantitative estimate of drug-likeness (QED) is 0.712. The first kappa shape index (κ1) is 9.33. The van der Waals surface area contributed by atoms with Crippen molar-refractivity contribution in [3.8, 4) is 0 Å². The molecule has 0 aliphatic heterocycles. The third-order valence-corrected chi connectivity index (χ3v) is 2.49. The lowest BCUT2D eigenvalue weighted by molar-refractivity contribution is 0.0887. The minimum atomic E-state index is -0.361. The summed E-state index contributed by atoms with van der Waals surface area (Å²) in [6, 6.07) is 3.83. The van der Waals surface area contributed by atoms with E-state index in [1.54, 1.807) is 0 Å². The molecule has 0 radical (unpaired) electrons. The van der Waals surface area contributed by atoms with Gasteiger partial charge in [-0.15, -0.1) is 0 Å². The summed E-state index contributed by atoms with van der Waals surface area (Å²) >= 11 is 0. The molecule has 0 saturated heterocycles. The maximum Gasteiger partial charge on any atom is 0.0965 e. The van der Waals surface area contributed by atoms with Crippen LogP contribution >= 0.6 is 0 Å². The number of aliphatic hydroxyl groups excluding tert-OH is 1. The predicted octanol–water partition coefficient (Wildman–Crippen LogP) is 2.34. The van der Waals surface area contributed by atoms with Crippen molar-refractivity contribution < 1.29 is 5.11 Å². The maximum absolute atomic E-state index is 9.82. The molecule has 2 unspecified atom stereocenters. The molecule has 0 amide bonds. The Kier molecular flexibility index (Phi) is 2.93. The summed E-state index contributed by atoms with van der Waals surface area (Å²) in [7, 11) is 0. The molecule has 1 aromatic heterocycles. The average molecular weight is 167 g/mol. The summed E-state index contributed by atoms with van der Waals surface area (Å²) < 4.78 is 0. The van der Waals surface area contributed by atoms with E-state index >= 15 is 0 Å². The first-order valence-electron chi connectivity index (χ1n) is 4.44. The van der Waals surface area contributed by atoms with E-state index in [4.69, 9.17) is 0 Å². The zero-order valence-corrected chi connectivity index (χ0v) is 7.91. The van der Waals surface area contributed by atoms with E-state index < -0.39 is 0 Å². The summed E-state index contributed by atoms with van der Waals surface area (Å²) in [5.74, 6) is 0.798. The molecule has 0 saturated carbocycles. The van der Waals surface area contributed by atoms with Crippen LogP contribution in [-0.2, 0) is 0 Å². The Morgan fingerprint density at radius 3 is 2.42 bits per heavy atom. The fourth-order valence-corrected chi connectivity index (χ4v) is 1.18. The molecule has 0 spiro atoms. The van der Waals surface area contributed by atoms with E-state index in [9.17, 15) is 5.11 Å². The van der Waals surface area contributed by atoms with Crippen LogP contribution in [0.5, 0.6) is 0 Å². The van der Waals surface area contributed by atoms with E-state index in [-0.39, 0.29) is 6.10 Å². The number of nitrogens with one attached hydrogen (secondary N) is 1. The topological polar surface area (TPSA) is 36.0 Å². The van der Waals surface area contributed by atoms with Gasteiger partial charge in [-0.3, -0.25) is 0 Å². The molecule has 0 aromatic carbocycles. The molecule has 12 heavy (non-hydrogen) atoms. The van der Waals surface area contributed by atoms with Crippen LogP contribution in [0.1, 0.15) is 32.6 Å². The number of hydrogen-bond acceptors (Lipinski definition) is 1. The lowest BCUT2D eigenvalue weighted by atomic mass is 9.91. The molecule has 1 heterocycles. The largest absolute Gasteiger partial charge is 0.387 e. The van der Waals surface area contributed by atoms with Gasteiger partial charge in [0.05, 0.1) is 6.10 Å². The van der Waals surface area contributed by atoms with Crippen molar-refractivity contribution in [1.29, 1.82) is 0 Å². The van der Waals surface area contributed by atoms with Crippen LogP contribution in [0.15, 0.2) is 18.3 Å². The standard InChI is InChI=1S/C10H17NO/c1-7(2)8(3)10(12)9-5-4-6-11-9/h4-8,10-12H,1-3H3. The molecule has 2 heteroatoms. The Morgan fingerprint density at radius 2 is 2.00 bits per heavy atom. The summed E-state index contributed by atoms with van der Waals surface area (Å²) in [6.45, 7) is 6.31. The van der Waals surface area contributed by atoms with Crippen LogP contribution < -0.4 is 0 Å². The molecular formula is C10H17NO. The molecule has 0 bridgehead atoms. The van der Waals surface area contributed by atoms with Crippen molar-refractivity contribution in [3.63, 3.8) is 0 Å². The van der Waals surface area contributed by atoms with E-state index in [1.165, 1.54) is 0 Å². The van der Waals surface area contributed by atoms with Gasteiger partial charge in [-0.1, -0.05) is 20.8 Å². The summed E-state index contributed by atoms with van der Waals surface area (Å²) in [6.07, 6.45) is 1.48. The average Bonchev–Trinajstić information content (AvgIpc) is 2.53. The Morgan fingerprint density at radius 1 is 1.33 bits per heavy atom. The molecule has 0 aliphatic carbocycles. The molecule has 0 aliphatic rings. The van der Waals surface area contributed by atoms with Gasteiger partial charge in [0, 0.05) is 11.9 Å². The lowest BCUT2D eigenvalue weighted by Crippen LogP contribution is -2.15. The Balaban J connectivity index is 2.65. The zero-order valence-electron chi connectivity index (χ0n) is 7.91. The van der Waals surface area contributed by atoms with Crippen LogP contribution in [-0.4, -0.2) is 10.1 Å². The third kappa shape index (κ3) is 1.89. The monoisotopic (exact) mass is 167 g/mol. The second-order valence-electron chi connectivity index (χ2n) is 3.67. The molecule has 2 N–H and O–H groups in total. The first-order chi connectivity index (χ1) is 5.63. The first-order valence-corrected chi connectivity index (χ1v) is 4.44. The molecule has 1 rings (SSSR count). The minimum absolute atomic E-state index is 0.295. The Labute approximate surface area is 73.6 Å². The molecule has 2 nitrogen and oxygen atoms in total. The highest BCUT2D eigenvalue weighted by Gasteiger charge is 2.19. The highest BCUT2D eigenvalue weighted by atomic mass is 16.3. The molecule has 2 atom stereocenters. The van der Waals surface area contributed by atoms with Crippen LogP contribution in [0.3, 0.4) is 0 Å². The lowest BCUT2D eigenvalue weighted by Gasteiger charge is -2.21. The van der Waals surface area contributed by atoms with Crippen molar-refractivity contribution in [2.24, 2.45) is 11.8 Å². The number of H-pyrrole nitrogens is 1. The van der Waals surface area contributed by atoms with Crippen LogP contribution in [0.2, 0.25) is 0 Å². The van der Waals surface area contributed by atoms with Crippen LogP contribution in [0.25, 0.3) is 0 Å². The van der Waals surface area contributed by atoms with Gasteiger partial charge in [-0.25, -0.2) is 0 Å². The van der Waals surface area contributed by atoms with E-state index in [0.29, 0.717) is 11.8 Å². The number of hydrogen-bond donors (Lipinski definition) is 2. The fraction of sp³-hybridized carbons (Fsp3) is 0.600. The van der Waals surface area contributed by atoms with Crippen molar-refractivity contribution in [3.05, 3.63) is 24.0 Å². The number of aromatic amines is 1. The number of aliphatic hydroxyl groups is 1. The Bertz CT molecular complexity index is 216. The van der Waals surface area contributed by atoms with Crippen molar-refractivity contribution in [2.75, 3.05) is 0 Å². The van der Waals surface area contributed by atoms with Gasteiger partial charge in [0.2, 0.25) is 0 Å². The molecule has 68 valence electrons. The van der Waals surface area contributed by atoms with Gasteiger partial charge in [0.15, 0.2) is 0 Å². The minimum Gasteiger partial charge on any atom is -0.387 e. The predicted molar refractivity (Wildman–Crippen MR) is 49.8 cm³/mol. The highest BCUT2D eigenvalue weighted by Crippen LogP contribution is 2.25. The van der Waals surface area contributed by atoms with Crippen LogP contribution in [0, 0.1) is 11.8 Å². The third-order valence-electron chi connectivity index (χ3n) is 2.49. The summed E-state index contributed by atoms with van der Waals surface area (Å²) in [4.78, 5) is 3.02. The summed E-state index contributed by atoms with van der Waals surface area (Å²) in [5, 5.41) is 9.82. The fourth-order valence-electron chi connectivity index (χ4n) is 1.18. The van der Waals surface area contributed by atoms with E-state index in [0.717, 1.165) is 5.69 Å². The highest BCUT2D eigenvalue weighted by molar-refractivity contribution is 5.07. The number of rotatable bonds is 3. The zero-order chi connectivity index (χ0) is 9.14. The van der Waals surface area contributed by atoms with Gasteiger partial charge >= 0.3 is 0 Å². The van der Waals surface area contributed by atoms with Gasteiger partial charge < -0.3 is 10.1 Å². The second-order valence-corrected chi connectivity index (χ2v) is 3.67. The second kappa shape index (κ2) is 3.76.